The summed E-state index contributed by atoms with van der Waals surface area (Å²) in [5.41, 5.74) is 12.9. The van der Waals surface area contributed by atoms with Crippen LogP contribution in [0.4, 0.5) is 0 Å². The highest BCUT2D eigenvalue weighted by Crippen LogP contribution is 2.58. The van der Waals surface area contributed by atoms with Gasteiger partial charge in [0.25, 0.3) is 0 Å². The molecule has 0 spiro atoms. The molecule has 0 N–H and O–H groups in total. The molecule has 3 aromatic carbocycles. The van der Waals surface area contributed by atoms with Crippen molar-refractivity contribution in [3.63, 3.8) is 0 Å². The van der Waals surface area contributed by atoms with Crippen LogP contribution in [0.25, 0.3) is 11.1 Å². The van der Waals surface area contributed by atoms with E-state index in [0.29, 0.717) is 0 Å². The van der Waals surface area contributed by atoms with Gasteiger partial charge < -0.3 is 0 Å². The summed E-state index contributed by atoms with van der Waals surface area (Å²) in [6.45, 7) is 6.78. The second kappa shape index (κ2) is 4.95. The number of allylic oxidation sites excluding steroid dienone is 1. The van der Waals surface area contributed by atoms with E-state index < -0.39 is 0 Å². The number of rotatable bonds is 1. The third-order valence-corrected chi connectivity index (χ3v) is 6.01. The molecule has 3 aromatic rings. The molecular weight excluding hydrogens is 300 g/mol. The second-order valence-corrected chi connectivity index (χ2v) is 7.83. The molecule has 0 amide bonds. The lowest BCUT2D eigenvalue weighted by Crippen LogP contribution is -2.18. The van der Waals surface area contributed by atoms with Crippen molar-refractivity contribution in [1.82, 2.24) is 0 Å². The summed E-state index contributed by atoms with van der Waals surface area (Å²) in [6, 6.07) is 25.0. The topological polar surface area (TPSA) is 0 Å². The number of benzene rings is 3. The SMILES string of the molecule is Cc1ccc(C2=C3c4ccc(C)cc4CC3(C)c3ccccc32)cc1. The van der Waals surface area contributed by atoms with Crippen LogP contribution in [0.2, 0.25) is 0 Å². The third kappa shape index (κ3) is 1.94. The molecule has 2 aliphatic carbocycles. The minimum Gasteiger partial charge on any atom is -0.0619 e. The van der Waals surface area contributed by atoms with E-state index in [4.69, 9.17) is 0 Å². The number of fused-ring (bicyclic) bond motifs is 5. The first kappa shape index (κ1) is 14.7. The van der Waals surface area contributed by atoms with E-state index in [1.807, 2.05) is 0 Å². The van der Waals surface area contributed by atoms with Gasteiger partial charge in [-0.2, -0.15) is 0 Å². The minimum absolute atomic E-state index is 0.0902. The first-order valence-corrected chi connectivity index (χ1v) is 9.09. The Kier molecular flexibility index (Phi) is 2.92. The van der Waals surface area contributed by atoms with Crippen LogP contribution < -0.4 is 0 Å². The number of hydrogen-bond donors (Lipinski definition) is 0. The van der Waals surface area contributed by atoms with E-state index in [9.17, 15) is 0 Å². The lowest BCUT2D eigenvalue weighted by Gasteiger charge is -2.23. The van der Waals surface area contributed by atoms with Crippen LogP contribution >= 0.6 is 0 Å². The maximum absolute atomic E-state index is 2.43. The third-order valence-electron chi connectivity index (χ3n) is 6.01. The van der Waals surface area contributed by atoms with Crippen molar-refractivity contribution >= 4 is 11.1 Å². The molecule has 0 radical (unpaired) electrons. The van der Waals surface area contributed by atoms with Crippen LogP contribution in [0.5, 0.6) is 0 Å². The van der Waals surface area contributed by atoms with Crippen molar-refractivity contribution in [3.8, 4) is 0 Å². The molecule has 122 valence electrons. The largest absolute Gasteiger partial charge is 0.0619 e. The fraction of sp³-hybridized carbons (Fsp3) is 0.200. The van der Waals surface area contributed by atoms with Crippen molar-refractivity contribution in [2.45, 2.75) is 32.6 Å². The van der Waals surface area contributed by atoms with Gasteiger partial charge in [0.15, 0.2) is 0 Å². The average molecular weight is 322 g/mol. The van der Waals surface area contributed by atoms with Crippen LogP contribution in [0.15, 0.2) is 66.7 Å². The number of hydrogen-bond acceptors (Lipinski definition) is 0. The standard InChI is InChI=1S/C25H22/c1-16-8-11-18(12-9-16)23-21-6-4-5-7-22(21)25(3)15-19-14-17(2)10-13-20(19)24(23)25/h4-14H,15H2,1-3H3. The highest BCUT2D eigenvalue weighted by molar-refractivity contribution is 6.09. The molecule has 0 saturated heterocycles. The summed E-state index contributed by atoms with van der Waals surface area (Å²) < 4.78 is 0. The van der Waals surface area contributed by atoms with E-state index in [1.165, 1.54) is 50.1 Å². The Hall–Kier alpha value is -2.60. The van der Waals surface area contributed by atoms with Gasteiger partial charge in [0.1, 0.15) is 0 Å². The van der Waals surface area contributed by atoms with Gasteiger partial charge in [0.2, 0.25) is 0 Å². The molecule has 5 rings (SSSR count). The monoisotopic (exact) mass is 322 g/mol. The Labute approximate surface area is 149 Å². The molecule has 0 nitrogen and oxygen atoms in total. The van der Waals surface area contributed by atoms with Gasteiger partial charge in [-0.05, 0) is 59.2 Å². The summed E-state index contributed by atoms with van der Waals surface area (Å²) in [5, 5.41) is 0. The lowest BCUT2D eigenvalue weighted by molar-refractivity contribution is 0.646. The quantitative estimate of drug-likeness (QED) is 0.508. The zero-order valence-electron chi connectivity index (χ0n) is 15.1. The smallest absolute Gasteiger partial charge is 0.0233 e. The van der Waals surface area contributed by atoms with Gasteiger partial charge in [0, 0.05) is 5.41 Å². The Morgan fingerprint density at radius 1 is 0.760 bits per heavy atom. The molecule has 25 heavy (non-hydrogen) atoms. The summed E-state index contributed by atoms with van der Waals surface area (Å²) in [6.07, 6.45) is 1.10. The molecule has 0 bridgehead atoms. The summed E-state index contributed by atoms with van der Waals surface area (Å²) in [4.78, 5) is 0. The van der Waals surface area contributed by atoms with Gasteiger partial charge in [-0.25, -0.2) is 0 Å². The van der Waals surface area contributed by atoms with Crippen LogP contribution in [-0.2, 0) is 11.8 Å². The normalized spacial score (nSPS) is 20.4. The minimum atomic E-state index is 0.0902. The highest BCUT2D eigenvalue weighted by Gasteiger charge is 2.47. The van der Waals surface area contributed by atoms with Crippen LogP contribution in [0, 0.1) is 13.8 Å². The van der Waals surface area contributed by atoms with Crippen molar-refractivity contribution in [2.75, 3.05) is 0 Å². The molecule has 0 aromatic heterocycles. The van der Waals surface area contributed by atoms with E-state index in [-0.39, 0.29) is 5.41 Å². The van der Waals surface area contributed by atoms with Crippen molar-refractivity contribution in [2.24, 2.45) is 0 Å². The van der Waals surface area contributed by atoms with Crippen LogP contribution in [0.3, 0.4) is 0 Å². The van der Waals surface area contributed by atoms with Crippen molar-refractivity contribution in [1.29, 1.82) is 0 Å². The van der Waals surface area contributed by atoms with Crippen LogP contribution in [0.1, 0.15) is 45.9 Å². The molecule has 1 unspecified atom stereocenters. The molecule has 0 saturated carbocycles. The molecule has 0 aliphatic heterocycles. The highest BCUT2D eigenvalue weighted by atomic mass is 14.5. The summed E-state index contributed by atoms with van der Waals surface area (Å²) in [7, 11) is 0. The fourth-order valence-electron chi connectivity index (χ4n) is 4.86. The Morgan fingerprint density at radius 2 is 1.48 bits per heavy atom. The molecular formula is C25H22. The van der Waals surface area contributed by atoms with Gasteiger partial charge in [-0.3, -0.25) is 0 Å². The van der Waals surface area contributed by atoms with E-state index in [2.05, 4.69) is 87.5 Å². The maximum Gasteiger partial charge on any atom is 0.0233 e. The van der Waals surface area contributed by atoms with Crippen molar-refractivity contribution < 1.29 is 0 Å². The Morgan fingerprint density at radius 3 is 2.28 bits per heavy atom. The van der Waals surface area contributed by atoms with Gasteiger partial charge >= 0.3 is 0 Å². The number of aryl methyl sites for hydroxylation is 2. The second-order valence-electron chi connectivity index (χ2n) is 7.83. The van der Waals surface area contributed by atoms with Crippen molar-refractivity contribution in [3.05, 3.63) is 106 Å². The molecule has 2 aliphatic rings. The predicted octanol–water partition coefficient (Wildman–Crippen LogP) is 6.09. The Bertz CT molecular complexity index is 1030. The maximum atomic E-state index is 2.43. The molecule has 0 heterocycles. The van der Waals surface area contributed by atoms with Gasteiger partial charge in [-0.1, -0.05) is 84.8 Å². The zero-order valence-corrected chi connectivity index (χ0v) is 15.1. The predicted molar refractivity (Wildman–Crippen MR) is 106 cm³/mol. The van der Waals surface area contributed by atoms with Gasteiger partial charge in [0.05, 0.1) is 0 Å². The van der Waals surface area contributed by atoms with E-state index in [0.717, 1.165) is 6.42 Å². The molecule has 1 atom stereocenters. The summed E-state index contributed by atoms with van der Waals surface area (Å²) in [5.74, 6) is 0. The fourth-order valence-corrected chi connectivity index (χ4v) is 4.86. The van der Waals surface area contributed by atoms with Crippen LogP contribution in [-0.4, -0.2) is 0 Å². The average Bonchev–Trinajstić information content (AvgIpc) is 3.02. The first-order valence-electron chi connectivity index (χ1n) is 9.09. The Balaban J connectivity index is 1.87. The first-order chi connectivity index (χ1) is 12.1. The zero-order chi connectivity index (χ0) is 17.2. The lowest BCUT2D eigenvalue weighted by atomic mass is 9.79. The van der Waals surface area contributed by atoms with E-state index >= 15 is 0 Å². The summed E-state index contributed by atoms with van der Waals surface area (Å²) >= 11 is 0. The molecule has 0 fully saturated rings. The van der Waals surface area contributed by atoms with Gasteiger partial charge in [-0.15, -0.1) is 0 Å². The molecule has 0 heteroatoms. The van der Waals surface area contributed by atoms with E-state index in [1.54, 1.807) is 0 Å².